The van der Waals surface area contributed by atoms with Crippen molar-refractivity contribution < 1.29 is 22.6 Å². The van der Waals surface area contributed by atoms with E-state index in [2.05, 4.69) is 0 Å². The van der Waals surface area contributed by atoms with E-state index in [1.54, 1.807) is 0 Å². The first-order valence-electron chi connectivity index (χ1n) is 5.52. The summed E-state index contributed by atoms with van der Waals surface area (Å²) in [7, 11) is -1.64. The highest BCUT2D eigenvalue weighted by Gasteiger charge is 2.34. The highest BCUT2D eigenvalue weighted by Crippen LogP contribution is 2.21. The number of carbonyl (C=O) groups excluding carboxylic acids is 1. The van der Waals surface area contributed by atoms with E-state index in [0.717, 1.165) is 6.07 Å². The second kappa shape index (κ2) is 4.65. The molecule has 2 rings (SSSR count). The minimum absolute atomic E-state index is 0.0492. The van der Waals surface area contributed by atoms with E-state index in [1.807, 2.05) is 0 Å². The number of nitro groups is 1. The van der Waals surface area contributed by atoms with Crippen LogP contribution in [-0.2, 0) is 9.84 Å². The first-order chi connectivity index (χ1) is 8.80. The van der Waals surface area contributed by atoms with Gasteiger partial charge in [-0.2, -0.15) is 0 Å². The van der Waals surface area contributed by atoms with Crippen LogP contribution in [0.25, 0.3) is 0 Å². The second-order valence-electron chi connectivity index (χ2n) is 4.37. The molecule has 0 radical (unpaired) electrons. The Bertz CT molecular complexity index is 620. The third-order valence-corrected chi connectivity index (χ3v) is 4.81. The Balaban J connectivity index is 2.13. The minimum atomic E-state index is -3.10. The van der Waals surface area contributed by atoms with Crippen LogP contribution in [0, 0.1) is 10.1 Å². The number of hydrogen-bond donors (Lipinski definition) is 0. The number of amides is 1. The third kappa shape index (κ3) is 2.75. The normalized spacial score (nSPS) is 21.2. The summed E-state index contributed by atoms with van der Waals surface area (Å²) in [6, 6.07) is 1.88. The molecule has 2 heterocycles. The van der Waals surface area contributed by atoms with Crippen molar-refractivity contribution in [3.05, 3.63) is 28.0 Å². The Morgan fingerprint density at radius 2 is 2.21 bits per heavy atom. The average Bonchev–Trinajstić information content (AvgIpc) is 2.93. The molecule has 1 aromatic heterocycles. The molecule has 1 aliphatic heterocycles. The van der Waals surface area contributed by atoms with Crippen molar-refractivity contribution in [2.24, 2.45) is 0 Å². The first kappa shape index (κ1) is 13.5. The SMILES string of the molecule is CN(C(=O)c1ccc([N+](=O)[O-])o1)C1CCS(=O)(=O)C1. The van der Waals surface area contributed by atoms with E-state index in [-0.39, 0.29) is 17.3 Å². The Morgan fingerprint density at radius 1 is 1.53 bits per heavy atom. The number of hydrogen-bond acceptors (Lipinski definition) is 6. The summed E-state index contributed by atoms with van der Waals surface area (Å²) in [6.07, 6.45) is 0.368. The third-order valence-electron chi connectivity index (χ3n) is 3.06. The van der Waals surface area contributed by atoms with Gasteiger partial charge >= 0.3 is 5.88 Å². The Hall–Kier alpha value is -1.90. The van der Waals surface area contributed by atoms with E-state index in [4.69, 9.17) is 4.42 Å². The summed E-state index contributed by atoms with van der Waals surface area (Å²) in [5.74, 6) is -1.28. The van der Waals surface area contributed by atoms with Crippen LogP contribution in [0.4, 0.5) is 5.88 Å². The number of furan rings is 1. The predicted octanol–water partition coefficient (Wildman–Crippen LogP) is 0.447. The van der Waals surface area contributed by atoms with E-state index < -0.39 is 32.6 Å². The molecule has 8 nitrogen and oxygen atoms in total. The van der Waals surface area contributed by atoms with Crippen molar-refractivity contribution >= 4 is 21.6 Å². The number of nitrogens with zero attached hydrogens (tertiary/aromatic N) is 2. The summed E-state index contributed by atoms with van der Waals surface area (Å²) in [4.78, 5) is 23.0. The fourth-order valence-electron chi connectivity index (χ4n) is 1.96. The average molecular weight is 288 g/mol. The first-order valence-corrected chi connectivity index (χ1v) is 7.34. The summed E-state index contributed by atoms with van der Waals surface area (Å²) < 4.78 is 27.5. The van der Waals surface area contributed by atoms with Crippen LogP contribution in [0.1, 0.15) is 17.0 Å². The molecule has 19 heavy (non-hydrogen) atoms. The van der Waals surface area contributed by atoms with Gasteiger partial charge in [0, 0.05) is 13.1 Å². The lowest BCUT2D eigenvalue weighted by atomic mass is 10.2. The molecule has 1 fully saturated rings. The summed E-state index contributed by atoms with van der Waals surface area (Å²) in [5.41, 5.74) is 0. The van der Waals surface area contributed by atoms with Crippen LogP contribution < -0.4 is 0 Å². The van der Waals surface area contributed by atoms with Gasteiger partial charge in [-0.25, -0.2) is 8.42 Å². The maximum atomic E-state index is 12.0. The van der Waals surface area contributed by atoms with Crippen molar-refractivity contribution in [2.75, 3.05) is 18.6 Å². The van der Waals surface area contributed by atoms with Crippen LogP contribution in [0.15, 0.2) is 16.5 Å². The van der Waals surface area contributed by atoms with Crippen molar-refractivity contribution in [3.8, 4) is 0 Å². The molecular weight excluding hydrogens is 276 g/mol. The fourth-order valence-corrected chi connectivity index (χ4v) is 3.74. The lowest BCUT2D eigenvalue weighted by Gasteiger charge is -2.21. The maximum Gasteiger partial charge on any atom is 0.433 e. The molecule has 0 aromatic carbocycles. The van der Waals surface area contributed by atoms with Gasteiger partial charge in [-0.3, -0.25) is 14.9 Å². The lowest BCUT2D eigenvalue weighted by molar-refractivity contribution is -0.402. The Morgan fingerprint density at radius 3 is 2.68 bits per heavy atom. The van der Waals surface area contributed by atoms with Crippen LogP contribution >= 0.6 is 0 Å². The van der Waals surface area contributed by atoms with Gasteiger partial charge in [-0.15, -0.1) is 0 Å². The molecule has 0 spiro atoms. The molecule has 1 aromatic rings. The molecule has 0 N–H and O–H groups in total. The Labute approximate surface area is 109 Å². The van der Waals surface area contributed by atoms with Gasteiger partial charge in [0.05, 0.1) is 17.6 Å². The van der Waals surface area contributed by atoms with Crippen molar-refractivity contribution in [2.45, 2.75) is 12.5 Å². The van der Waals surface area contributed by atoms with E-state index >= 15 is 0 Å². The summed E-state index contributed by atoms with van der Waals surface area (Å²) in [6.45, 7) is 0. The molecule has 9 heteroatoms. The van der Waals surface area contributed by atoms with Crippen LogP contribution in [0.3, 0.4) is 0 Å². The largest absolute Gasteiger partial charge is 0.433 e. The number of sulfone groups is 1. The topological polar surface area (TPSA) is 111 Å². The van der Waals surface area contributed by atoms with E-state index in [9.17, 15) is 23.3 Å². The van der Waals surface area contributed by atoms with Gasteiger partial charge < -0.3 is 9.32 Å². The monoisotopic (exact) mass is 288 g/mol. The molecule has 1 unspecified atom stereocenters. The molecule has 0 aliphatic carbocycles. The zero-order chi connectivity index (χ0) is 14.2. The van der Waals surface area contributed by atoms with Crippen LogP contribution in [-0.4, -0.2) is 48.7 Å². The highest BCUT2D eigenvalue weighted by atomic mass is 32.2. The molecule has 1 aliphatic rings. The molecule has 1 saturated heterocycles. The van der Waals surface area contributed by atoms with Gasteiger partial charge in [0.2, 0.25) is 0 Å². The number of carbonyl (C=O) groups is 1. The zero-order valence-corrected chi connectivity index (χ0v) is 10.9. The van der Waals surface area contributed by atoms with Crippen molar-refractivity contribution in [1.29, 1.82) is 0 Å². The Kier molecular flexibility index (Phi) is 3.31. The van der Waals surface area contributed by atoms with Crippen molar-refractivity contribution in [1.82, 2.24) is 4.90 Å². The fraction of sp³-hybridized carbons (Fsp3) is 0.500. The zero-order valence-electron chi connectivity index (χ0n) is 10.1. The van der Waals surface area contributed by atoms with Gasteiger partial charge in [-0.1, -0.05) is 0 Å². The molecule has 1 atom stereocenters. The van der Waals surface area contributed by atoms with Crippen LogP contribution in [0.2, 0.25) is 0 Å². The molecule has 0 saturated carbocycles. The molecule has 104 valence electrons. The summed E-state index contributed by atoms with van der Waals surface area (Å²) in [5, 5.41) is 10.5. The number of rotatable bonds is 3. The van der Waals surface area contributed by atoms with Gasteiger partial charge in [-0.05, 0) is 12.5 Å². The second-order valence-corrected chi connectivity index (χ2v) is 6.60. The standard InChI is InChI=1S/C10H12N2O6S/c1-11(7-4-5-19(16,17)6-7)10(13)8-2-3-9(18-8)12(14)15/h2-3,7H,4-6H2,1H3. The minimum Gasteiger partial charge on any atom is -0.395 e. The van der Waals surface area contributed by atoms with Gasteiger partial charge in [0.15, 0.2) is 15.6 Å². The van der Waals surface area contributed by atoms with Crippen molar-refractivity contribution in [3.63, 3.8) is 0 Å². The lowest BCUT2D eigenvalue weighted by Crippen LogP contribution is -2.37. The van der Waals surface area contributed by atoms with Gasteiger partial charge in [0.1, 0.15) is 4.92 Å². The maximum absolute atomic E-state index is 12.0. The quantitative estimate of drug-likeness (QED) is 0.589. The molecular formula is C10H12N2O6S. The highest BCUT2D eigenvalue weighted by molar-refractivity contribution is 7.91. The van der Waals surface area contributed by atoms with E-state index in [1.165, 1.54) is 18.0 Å². The van der Waals surface area contributed by atoms with Crippen LogP contribution in [0.5, 0.6) is 0 Å². The van der Waals surface area contributed by atoms with Gasteiger partial charge in [0.25, 0.3) is 5.91 Å². The molecule has 0 bridgehead atoms. The smallest absolute Gasteiger partial charge is 0.395 e. The molecule has 1 amide bonds. The summed E-state index contributed by atoms with van der Waals surface area (Å²) >= 11 is 0. The predicted molar refractivity (Wildman–Crippen MR) is 64.5 cm³/mol. The van der Waals surface area contributed by atoms with E-state index in [0.29, 0.717) is 6.42 Å².